The highest BCUT2D eigenvalue weighted by Gasteiger charge is 2.32. The zero-order valence-electron chi connectivity index (χ0n) is 11.7. The molecule has 106 valence electrons. The average Bonchev–Trinajstić information content (AvgIpc) is 2.68. The van der Waals surface area contributed by atoms with Gasteiger partial charge in [-0.15, -0.1) is 0 Å². The van der Waals surface area contributed by atoms with Crippen LogP contribution in [-0.2, 0) is 5.41 Å². The first-order valence-corrected chi connectivity index (χ1v) is 7.22. The van der Waals surface area contributed by atoms with E-state index in [-0.39, 0.29) is 22.2 Å². The smallest absolute Gasteiger partial charge is 0.340 e. The summed E-state index contributed by atoms with van der Waals surface area (Å²) in [5.41, 5.74) is 0.424. The van der Waals surface area contributed by atoms with E-state index in [1.54, 1.807) is 4.68 Å². The van der Waals surface area contributed by atoms with Gasteiger partial charge in [0.05, 0.1) is 11.7 Å². The quantitative estimate of drug-likeness (QED) is 0.892. The van der Waals surface area contributed by atoms with E-state index < -0.39 is 5.97 Å². The number of hydrogen-bond donors (Lipinski definition) is 1. The second-order valence-electron chi connectivity index (χ2n) is 6.31. The first-order valence-electron chi connectivity index (χ1n) is 6.84. The van der Waals surface area contributed by atoms with Gasteiger partial charge in [0.1, 0.15) is 10.7 Å². The number of aromatic carboxylic acids is 1. The molecule has 0 spiro atoms. The Balaban J connectivity index is 2.48. The minimum Gasteiger partial charge on any atom is -0.478 e. The lowest BCUT2D eigenvalue weighted by Crippen LogP contribution is -2.18. The Morgan fingerprint density at radius 2 is 1.89 bits per heavy atom. The average molecular weight is 285 g/mol. The summed E-state index contributed by atoms with van der Waals surface area (Å²) in [5.74, 6) is -0.989. The van der Waals surface area contributed by atoms with Gasteiger partial charge in [-0.1, -0.05) is 51.6 Å². The lowest BCUT2D eigenvalue weighted by molar-refractivity contribution is 0.0694. The summed E-state index contributed by atoms with van der Waals surface area (Å²) < 4.78 is 1.74. The van der Waals surface area contributed by atoms with Crippen molar-refractivity contribution >= 4 is 17.6 Å². The van der Waals surface area contributed by atoms with Crippen molar-refractivity contribution in [3.63, 3.8) is 0 Å². The van der Waals surface area contributed by atoms with E-state index in [1.807, 2.05) is 20.8 Å². The second-order valence-corrected chi connectivity index (χ2v) is 6.66. The molecule has 4 nitrogen and oxygen atoms in total. The van der Waals surface area contributed by atoms with Crippen LogP contribution in [0.15, 0.2) is 0 Å². The van der Waals surface area contributed by atoms with Crippen molar-refractivity contribution in [3.8, 4) is 0 Å². The van der Waals surface area contributed by atoms with Crippen molar-refractivity contribution in [2.75, 3.05) is 0 Å². The zero-order chi connectivity index (χ0) is 14.2. The Kier molecular flexibility index (Phi) is 3.90. The van der Waals surface area contributed by atoms with Crippen LogP contribution in [0.5, 0.6) is 0 Å². The molecule has 0 saturated heterocycles. The van der Waals surface area contributed by atoms with Crippen LogP contribution in [0.2, 0.25) is 5.15 Å². The van der Waals surface area contributed by atoms with Crippen LogP contribution in [0, 0.1) is 0 Å². The molecule has 0 aromatic carbocycles. The largest absolute Gasteiger partial charge is 0.478 e. The molecule has 1 N–H and O–H groups in total. The molecule has 1 saturated carbocycles. The van der Waals surface area contributed by atoms with Gasteiger partial charge in [-0.25, -0.2) is 9.48 Å². The van der Waals surface area contributed by atoms with Crippen molar-refractivity contribution in [2.24, 2.45) is 0 Å². The van der Waals surface area contributed by atoms with E-state index in [1.165, 1.54) is 6.42 Å². The summed E-state index contributed by atoms with van der Waals surface area (Å²) in [5, 5.41) is 14.2. The van der Waals surface area contributed by atoms with E-state index in [4.69, 9.17) is 11.6 Å². The monoisotopic (exact) mass is 284 g/mol. The molecule has 0 atom stereocenters. The number of carbonyl (C=O) groups is 1. The van der Waals surface area contributed by atoms with Crippen molar-refractivity contribution in [3.05, 3.63) is 16.4 Å². The van der Waals surface area contributed by atoms with Crippen LogP contribution in [0.1, 0.15) is 75.0 Å². The SMILES string of the molecule is CC(C)(C)c1nn(C2CCCCC2)c(Cl)c1C(=O)O. The van der Waals surface area contributed by atoms with E-state index in [0.29, 0.717) is 5.69 Å². The first-order chi connectivity index (χ1) is 8.82. The molecule has 0 amide bonds. The van der Waals surface area contributed by atoms with Crippen LogP contribution in [-0.4, -0.2) is 20.9 Å². The van der Waals surface area contributed by atoms with Crippen molar-refractivity contribution < 1.29 is 9.90 Å². The summed E-state index contributed by atoms with van der Waals surface area (Å²) in [4.78, 5) is 11.4. The maximum absolute atomic E-state index is 11.4. The predicted molar refractivity (Wildman–Crippen MR) is 75.0 cm³/mol. The Hall–Kier alpha value is -1.03. The lowest BCUT2D eigenvalue weighted by atomic mass is 9.89. The third-order valence-corrected chi connectivity index (χ3v) is 4.06. The third-order valence-electron chi connectivity index (χ3n) is 3.70. The molecular weight excluding hydrogens is 264 g/mol. The highest BCUT2D eigenvalue weighted by molar-refractivity contribution is 6.32. The number of carboxylic acid groups (broad SMARTS) is 1. The standard InChI is InChI=1S/C14H21ClN2O2/c1-14(2,3)11-10(13(18)19)12(15)17(16-11)9-7-5-4-6-8-9/h9H,4-8H2,1-3H3,(H,18,19). The molecule has 0 radical (unpaired) electrons. The third kappa shape index (κ3) is 2.78. The van der Waals surface area contributed by atoms with Gasteiger partial charge < -0.3 is 5.11 Å². The number of aromatic nitrogens is 2. The fraction of sp³-hybridized carbons (Fsp3) is 0.714. The summed E-state index contributed by atoms with van der Waals surface area (Å²) in [6, 6.07) is 0.246. The van der Waals surface area contributed by atoms with E-state index in [0.717, 1.165) is 25.7 Å². The topological polar surface area (TPSA) is 55.1 Å². The molecule has 1 aliphatic carbocycles. The van der Waals surface area contributed by atoms with E-state index in [9.17, 15) is 9.90 Å². The number of hydrogen-bond acceptors (Lipinski definition) is 2. The fourth-order valence-corrected chi connectivity index (χ4v) is 3.04. The number of rotatable bonds is 2. The molecule has 0 bridgehead atoms. The van der Waals surface area contributed by atoms with E-state index in [2.05, 4.69) is 5.10 Å². The molecule has 0 aliphatic heterocycles. The van der Waals surface area contributed by atoms with Crippen LogP contribution in [0.4, 0.5) is 0 Å². The molecule has 19 heavy (non-hydrogen) atoms. The van der Waals surface area contributed by atoms with Gasteiger partial charge >= 0.3 is 5.97 Å². The van der Waals surface area contributed by atoms with Crippen LogP contribution >= 0.6 is 11.6 Å². The van der Waals surface area contributed by atoms with Crippen molar-refractivity contribution in [1.29, 1.82) is 0 Å². The summed E-state index contributed by atoms with van der Waals surface area (Å²) in [6.07, 6.45) is 5.63. The Morgan fingerprint density at radius 3 is 2.32 bits per heavy atom. The normalized spacial score (nSPS) is 17.7. The van der Waals surface area contributed by atoms with E-state index >= 15 is 0 Å². The maximum atomic E-state index is 11.4. The maximum Gasteiger partial charge on any atom is 0.340 e. The summed E-state index contributed by atoms with van der Waals surface area (Å²) in [7, 11) is 0. The number of carboxylic acids is 1. The molecule has 1 aromatic rings. The first kappa shape index (κ1) is 14.4. The molecule has 1 fully saturated rings. The Bertz CT molecular complexity index is 482. The molecule has 1 aliphatic rings. The highest BCUT2D eigenvalue weighted by atomic mass is 35.5. The van der Waals surface area contributed by atoms with Crippen LogP contribution in [0.25, 0.3) is 0 Å². The van der Waals surface area contributed by atoms with Gasteiger partial charge in [-0.3, -0.25) is 0 Å². The van der Waals surface area contributed by atoms with Gasteiger partial charge in [0.2, 0.25) is 0 Å². The minimum atomic E-state index is -0.989. The molecule has 1 aromatic heterocycles. The molecular formula is C14H21ClN2O2. The minimum absolute atomic E-state index is 0.166. The second kappa shape index (κ2) is 5.16. The number of halogens is 1. The fourth-order valence-electron chi connectivity index (χ4n) is 2.70. The van der Waals surface area contributed by atoms with Gasteiger partial charge in [0, 0.05) is 5.41 Å². The summed E-state index contributed by atoms with van der Waals surface area (Å²) in [6.45, 7) is 5.88. The van der Waals surface area contributed by atoms with Gasteiger partial charge in [-0.2, -0.15) is 5.10 Å². The molecule has 2 rings (SSSR count). The molecule has 5 heteroatoms. The van der Waals surface area contributed by atoms with Gasteiger partial charge in [0.25, 0.3) is 0 Å². The molecule has 1 heterocycles. The van der Waals surface area contributed by atoms with Crippen molar-refractivity contribution in [2.45, 2.75) is 64.3 Å². The van der Waals surface area contributed by atoms with Gasteiger partial charge in [-0.05, 0) is 12.8 Å². The van der Waals surface area contributed by atoms with Crippen LogP contribution < -0.4 is 0 Å². The summed E-state index contributed by atoms with van der Waals surface area (Å²) >= 11 is 6.28. The Labute approximate surface area is 118 Å². The highest BCUT2D eigenvalue weighted by Crippen LogP contribution is 2.35. The predicted octanol–water partition coefficient (Wildman–Crippen LogP) is 4.04. The lowest BCUT2D eigenvalue weighted by Gasteiger charge is -2.23. The van der Waals surface area contributed by atoms with Gasteiger partial charge in [0.15, 0.2) is 0 Å². The van der Waals surface area contributed by atoms with Crippen LogP contribution in [0.3, 0.4) is 0 Å². The molecule has 0 unspecified atom stereocenters. The number of nitrogens with zero attached hydrogens (tertiary/aromatic N) is 2. The zero-order valence-corrected chi connectivity index (χ0v) is 12.5. The van der Waals surface area contributed by atoms with Crippen molar-refractivity contribution in [1.82, 2.24) is 9.78 Å². The Morgan fingerprint density at radius 1 is 1.32 bits per heavy atom.